The molecule has 1 aromatic carbocycles. The molecule has 1 aliphatic rings. The zero-order valence-electron chi connectivity index (χ0n) is 17.7. The molecule has 30 heavy (non-hydrogen) atoms. The molecule has 0 aliphatic heterocycles. The Morgan fingerprint density at radius 1 is 1.20 bits per heavy atom. The van der Waals surface area contributed by atoms with Crippen LogP contribution in [0.5, 0.6) is 5.75 Å². The predicted octanol–water partition coefficient (Wildman–Crippen LogP) is 4.77. The first kappa shape index (κ1) is 20.7. The Hall–Kier alpha value is -2.54. The van der Waals surface area contributed by atoms with Gasteiger partial charge in [0.15, 0.2) is 0 Å². The molecule has 1 fully saturated rings. The summed E-state index contributed by atoms with van der Waals surface area (Å²) >= 11 is 0. The highest BCUT2D eigenvalue weighted by Gasteiger charge is 2.21. The minimum absolute atomic E-state index is 0.103. The van der Waals surface area contributed by atoms with Crippen LogP contribution >= 0.6 is 0 Å². The lowest BCUT2D eigenvalue weighted by Gasteiger charge is -2.26. The molecule has 0 amide bonds. The topological polar surface area (TPSA) is 87.9 Å². The molecule has 2 aromatic heterocycles. The van der Waals surface area contributed by atoms with E-state index >= 15 is 0 Å². The van der Waals surface area contributed by atoms with E-state index in [0.29, 0.717) is 28.7 Å². The number of aromatic amines is 1. The number of hydrogen-bond donors (Lipinski definition) is 2. The minimum Gasteiger partial charge on any atom is -0.493 e. The van der Waals surface area contributed by atoms with Gasteiger partial charge in [0.05, 0.1) is 16.3 Å². The Labute approximate surface area is 177 Å². The molecule has 0 saturated heterocycles. The van der Waals surface area contributed by atoms with Crippen LogP contribution < -0.4 is 10.3 Å². The number of H-pyrrole nitrogens is 1. The third kappa shape index (κ3) is 4.03. The van der Waals surface area contributed by atoms with E-state index in [1.807, 2.05) is 12.1 Å². The summed E-state index contributed by atoms with van der Waals surface area (Å²) in [5.74, 6) is 2.02. The van der Waals surface area contributed by atoms with Crippen molar-refractivity contribution in [2.24, 2.45) is 18.9 Å². The maximum absolute atomic E-state index is 12.5. The van der Waals surface area contributed by atoms with Crippen LogP contribution in [-0.2, 0) is 16.8 Å². The number of nitrogens with zero attached hydrogens (tertiary/aromatic N) is 1. The summed E-state index contributed by atoms with van der Waals surface area (Å²) < 4.78 is 28.3. The molecule has 1 unspecified atom stereocenters. The van der Waals surface area contributed by atoms with Crippen molar-refractivity contribution >= 4 is 20.6 Å². The molecule has 2 heterocycles. The third-order valence-corrected chi connectivity index (χ3v) is 7.35. The van der Waals surface area contributed by atoms with Crippen molar-refractivity contribution in [2.45, 2.75) is 37.5 Å². The fourth-order valence-corrected chi connectivity index (χ4v) is 4.95. The number of ether oxygens (including phenoxy) is 1. The van der Waals surface area contributed by atoms with Crippen LogP contribution in [0.2, 0.25) is 0 Å². The second-order valence-electron chi connectivity index (χ2n) is 8.66. The number of rotatable bonds is 5. The van der Waals surface area contributed by atoms with E-state index in [0.717, 1.165) is 22.4 Å². The van der Waals surface area contributed by atoms with Crippen molar-refractivity contribution in [2.75, 3.05) is 12.9 Å². The molecule has 4 rings (SSSR count). The quantitative estimate of drug-likeness (QED) is 0.614. The summed E-state index contributed by atoms with van der Waals surface area (Å²) in [7, 11) is -1.17. The van der Waals surface area contributed by atoms with Crippen LogP contribution in [0, 0.1) is 16.6 Å². The molecule has 0 bridgehead atoms. The van der Waals surface area contributed by atoms with Crippen molar-refractivity contribution in [3.63, 3.8) is 0 Å². The first-order valence-corrected chi connectivity index (χ1v) is 12.4. The molecule has 6 nitrogen and oxygen atoms in total. The summed E-state index contributed by atoms with van der Waals surface area (Å²) in [5.41, 5.74) is 2.01. The van der Waals surface area contributed by atoms with Crippen LogP contribution in [0.4, 0.5) is 0 Å². The van der Waals surface area contributed by atoms with Gasteiger partial charge < -0.3 is 14.3 Å². The van der Waals surface area contributed by atoms with E-state index in [4.69, 9.17) is 9.52 Å². The van der Waals surface area contributed by atoms with E-state index < -0.39 is 9.73 Å². The number of benzene rings is 1. The van der Waals surface area contributed by atoms with Gasteiger partial charge in [0, 0.05) is 47.1 Å². The average molecular weight is 428 g/mol. The minimum atomic E-state index is -2.88. The van der Waals surface area contributed by atoms with Crippen LogP contribution in [-0.4, -0.2) is 26.6 Å². The summed E-state index contributed by atoms with van der Waals surface area (Å²) in [6.07, 6.45) is 9.77. The van der Waals surface area contributed by atoms with E-state index in [-0.39, 0.29) is 5.56 Å². The van der Waals surface area contributed by atoms with Crippen LogP contribution in [0.15, 0.2) is 46.3 Å². The van der Waals surface area contributed by atoms with Gasteiger partial charge in [-0.15, -0.1) is 0 Å². The monoisotopic (exact) mass is 427 g/mol. The second-order valence-corrected chi connectivity index (χ2v) is 10.8. The average Bonchev–Trinajstić information content (AvgIpc) is 3.20. The van der Waals surface area contributed by atoms with Crippen LogP contribution in [0.25, 0.3) is 22.0 Å². The maximum atomic E-state index is 12.5. The van der Waals surface area contributed by atoms with Gasteiger partial charge in [-0.05, 0) is 48.9 Å². The van der Waals surface area contributed by atoms with E-state index in [1.54, 1.807) is 31.6 Å². The van der Waals surface area contributed by atoms with E-state index in [2.05, 4.69) is 11.9 Å². The number of fused-ring (bicyclic) bond motifs is 1. The van der Waals surface area contributed by atoms with Gasteiger partial charge in [0.2, 0.25) is 0 Å². The highest BCUT2D eigenvalue weighted by Crippen LogP contribution is 2.37. The van der Waals surface area contributed by atoms with Crippen molar-refractivity contribution in [3.05, 3.63) is 47.0 Å². The van der Waals surface area contributed by atoms with Gasteiger partial charge in [-0.1, -0.05) is 19.8 Å². The van der Waals surface area contributed by atoms with Gasteiger partial charge in [-0.2, -0.15) is 0 Å². The Morgan fingerprint density at radius 2 is 1.93 bits per heavy atom. The van der Waals surface area contributed by atoms with Gasteiger partial charge in [0.1, 0.15) is 11.3 Å². The fraction of sp³-hybridized carbons (Fsp3) is 0.435. The van der Waals surface area contributed by atoms with Crippen molar-refractivity contribution in [3.8, 4) is 16.9 Å². The Bertz CT molecular complexity index is 1230. The first-order chi connectivity index (χ1) is 14.2. The molecular formula is C23H29N3O3S. The third-order valence-electron chi connectivity index (χ3n) is 6.20. The molecule has 1 aliphatic carbocycles. The number of pyridine rings is 1. The number of nitrogens with one attached hydrogen (secondary N) is 2. The SMILES string of the molecule is Cn1cc(-c2cc(S(C)(=N)=O)ccc2OC[C@H]2CC[C@@H](C)CC2)c2cc[nH]c2c1=O. The molecular weight excluding hydrogens is 398 g/mol. The van der Waals surface area contributed by atoms with Crippen molar-refractivity contribution in [1.29, 1.82) is 4.78 Å². The Balaban J connectivity index is 1.78. The van der Waals surface area contributed by atoms with Crippen LogP contribution in [0.1, 0.15) is 32.6 Å². The number of hydrogen-bond acceptors (Lipinski definition) is 4. The number of aromatic nitrogens is 2. The van der Waals surface area contributed by atoms with Crippen molar-refractivity contribution < 1.29 is 8.95 Å². The molecule has 2 N–H and O–H groups in total. The lowest BCUT2D eigenvalue weighted by molar-refractivity contribution is 0.188. The highest BCUT2D eigenvalue weighted by molar-refractivity contribution is 7.91. The first-order valence-electron chi connectivity index (χ1n) is 10.4. The largest absolute Gasteiger partial charge is 0.493 e. The lowest BCUT2D eigenvalue weighted by atomic mass is 9.83. The zero-order valence-corrected chi connectivity index (χ0v) is 18.6. The molecule has 0 radical (unpaired) electrons. The lowest BCUT2D eigenvalue weighted by Crippen LogP contribution is -2.19. The Kier molecular flexibility index (Phi) is 5.49. The molecule has 0 spiro atoms. The molecule has 1 atom stereocenters. The molecule has 3 aromatic rings. The second kappa shape index (κ2) is 7.95. The summed E-state index contributed by atoms with van der Waals surface area (Å²) in [6, 6.07) is 7.18. The summed E-state index contributed by atoms with van der Waals surface area (Å²) in [5, 5.41) is 0.791. The summed E-state index contributed by atoms with van der Waals surface area (Å²) in [6.45, 7) is 2.95. The van der Waals surface area contributed by atoms with E-state index in [9.17, 15) is 9.00 Å². The van der Waals surface area contributed by atoms with Gasteiger partial charge >= 0.3 is 0 Å². The van der Waals surface area contributed by atoms with Gasteiger partial charge in [0.25, 0.3) is 5.56 Å². The molecule has 7 heteroatoms. The maximum Gasteiger partial charge on any atom is 0.274 e. The molecule has 160 valence electrons. The number of aryl methyl sites for hydroxylation is 1. The van der Waals surface area contributed by atoms with Crippen LogP contribution in [0.3, 0.4) is 0 Å². The predicted molar refractivity (Wildman–Crippen MR) is 121 cm³/mol. The zero-order chi connectivity index (χ0) is 21.5. The molecule has 1 saturated carbocycles. The standard InChI is InChI=1S/C23H29N3O3S/c1-15-4-6-16(7-5-15)14-29-21-9-8-17(30(3,24)28)12-19(21)20-13-26(2)23(27)22-18(20)10-11-25-22/h8-13,15-16,24-25H,4-7,14H2,1-3H3/t15-,16+,30?. The summed E-state index contributed by atoms with van der Waals surface area (Å²) in [4.78, 5) is 15.9. The smallest absolute Gasteiger partial charge is 0.274 e. The van der Waals surface area contributed by atoms with Crippen molar-refractivity contribution in [1.82, 2.24) is 9.55 Å². The Morgan fingerprint density at radius 3 is 2.63 bits per heavy atom. The van der Waals surface area contributed by atoms with Gasteiger partial charge in [-0.3, -0.25) is 4.79 Å². The van der Waals surface area contributed by atoms with Gasteiger partial charge in [-0.25, -0.2) is 8.99 Å². The normalized spacial score (nSPS) is 21.4. The van der Waals surface area contributed by atoms with E-state index in [1.165, 1.54) is 36.5 Å². The fourth-order valence-electron chi connectivity index (χ4n) is 4.27. The highest BCUT2D eigenvalue weighted by atomic mass is 32.2.